The van der Waals surface area contributed by atoms with Gasteiger partial charge in [0, 0.05) is 40.0 Å². The van der Waals surface area contributed by atoms with Crippen molar-refractivity contribution >= 4 is 33.9 Å². The molecule has 0 aromatic heterocycles. The maximum Gasteiger partial charge on any atom is 0.340 e. The van der Waals surface area contributed by atoms with E-state index < -0.39 is 17.6 Å². The maximum absolute atomic E-state index is 13.3. The number of fused-ring (bicyclic) bond motifs is 6. The van der Waals surface area contributed by atoms with Gasteiger partial charge >= 0.3 is 5.97 Å². The number of hydrogen-bond donors (Lipinski definition) is 4. The predicted octanol–water partition coefficient (Wildman–Crippen LogP) is 7.18. The molecule has 0 aliphatic carbocycles. The fraction of sp³-hybridized carbons (Fsp3) is 0.293. The quantitative estimate of drug-likeness (QED) is 0.0421. The van der Waals surface area contributed by atoms with E-state index in [9.17, 15) is 19.8 Å². The number of phenolic OH excluding ortho intramolecular Hbond substituents is 2. The fourth-order valence-corrected chi connectivity index (χ4v) is 6.88. The molecule has 11 heteroatoms. The topological polar surface area (TPSA) is 156 Å². The van der Waals surface area contributed by atoms with E-state index in [2.05, 4.69) is 71.4 Å². The van der Waals surface area contributed by atoms with Gasteiger partial charge in [0.25, 0.3) is 0 Å². The molecule has 52 heavy (non-hydrogen) atoms. The van der Waals surface area contributed by atoms with Crippen LogP contribution in [0.25, 0.3) is 0 Å². The van der Waals surface area contributed by atoms with Gasteiger partial charge in [-0.3, -0.25) is 4.79 Å². The lowest BCUT2D eigenvalue weighted by atomic mass is 9.77. The first-order chi connectivity index (χ1) is 24.9. The van der Waals surface area contributed by atoms with E-state index in [0.29, 0.717) is 58.8 Å². The highest BCUT2D eigenvalue weighted by molar-refractivity contribution is 7.66. The summed E-state index contributed by atoms with van der Waals surface area (Å²) in [7, 11) is 0. The van der Waals surface area contributed by atoms with Crippen LogP contribution < -0.4 is 15.8 Å². The van der Waals surface area contributed by atoms with E-state index in [1.165, 1.54) is 29.8 Å². The number of rotatable bonds is 11. The third-order valence-electron chi connectivity index (χ3n) is 9.28. The third-order valence-corrected chi connectivity index (χ3v) is 9.76. The van der Waals surface area contributed by atoms with Crippen molar-refractivity contribution in [2.75, 3.05) is 6.54 Å². The molecule has 1 unspecified atom stereocenters. The molecular formula is C41H42N4O6S. The van der Waals surface area contributed by atoms with Crippen molar-refractivity contribution in [3.8, 4) is 23.0 Å². The smallest absolute Gasteiger partial charge is 0.340 e. The summed E-state index contributed by atoms with van der Waals surface area (Å²) in [5.74, 6) is -0.135. The molecule has 0 saturated heterocycles. The Kier molecular flexibility index (Phi) is 10.5. The van der Waals surface area contributed by atoms with E-state index in [0.717, 1.165) is 29.6 Å². The average Bonchev–Trinajstić information content (AvgIpc) is 3.39. The van der Waals surface area contributed by atoms with Gasteiger partial charge in [-0.1, -0.05) is 57.2 Å². The molecule has 0 radical (unpaired) electrons. The normalized spacial score (nSPS) is 14.7. The summed E-state index contributed by atoms with van der Waals surface area (Å²) < 4.78 is 16.5. The van der Waals surface area contributed by atoms with Crippen molar-refractivity contribution in [2.45, 2.75) is 69.6 Å². The van der Waals surface area contributed by atoms with Gasteiger partial charge in [0.1, 0.15) is 23.0 Å². The number of carbonyl (C=O) groups excluding carboxylic acids is 2. The minimum Gasteiger partial charge on any atom is -0.508 e. The minimum atomic E-state index is -1.33. The van der Waals surface area contributed by atoms with E-state index in [-0.39, 0.29) is 28.9 Å². The zero-order chi connectivity index (χ0) is 37.0. The summed E-state index contributed by atoms with van der Waals surface area (Å²) in [6.45, 7) is 11.0. The lowest BCUT2D eigenvalue weighted by molar-refractivity contribution is -0.122. The van der Waals surface area contributed by atoms with Crippen molar-refractivity contribution < 1.29 is 29.3 Å². The molecule has 4 aromatic carbocycles. The summed E-state index contributed by atoms with van der Waals surface area (Å²) in [6, 6.07) is 22.0. The van der Waals surface area contributed by atoms with Gasteiger partial charge in [-0.25, -0.2) is 9.16 Å². The highest BCUT2D eigenvalue weighted by Crippen LogP contribution is 2.57. The van der Waals surface area contributed by atoms with Gasteiger partial charge in [0.15, 0.2) is 5.60 Å². The Morgan fingerprint density at radius 1 is 0.981 bits per heavy atom. The van der Waals surface area contributed by atoms with Crippen LogP contribution in [0, 0.1) is 0 Å². The Bertz CT molecular complexity index is 2080. The SMILES string of the molecule is C=C[C@H](Cc1ccc(C(C)(C)C)cc1)NC(=O)C(N)CCCCN=S=C=Nc1ccc2c(c1)C(=O)OC21c2ccc(O)cc2Oc2cc(O)ccc21. The van der Waals surface area contributed by atoms with Crippen LogP contribution in [0.4, 0.5) is 5.69 Å². The number of esters is 1. The number of aromatic hydroxyl groups is 2. The van der Waals surface area contributed by atoms with Crippen molar-refractivity contribution in [3.63, 3.8) is 0 Å². The number of ether oxygens (including phenoxy) is 2. The number of phenols is 2. The molecule has 2 aliphatic heterocycles. The zero-order valence-corrected chi connectivity index (χ0v) is 30.2. The van der Waals surface area contributed by atoms with Crippen LogP contribution in [0.5, 0.6) is 23.0 Å². The van der Waals surface area contributed by atoms with Crippen molar-refractivity contribution in [1.82, 2.24) is 5.32 Å². The van der Waals surface area contributed by atoms with Gasteiger partial charge in [-0.2, -0.15) is 4.99 Å². The highest BCUT2D eigenvalue weighted by Gasteiger charge is 2.53. The molecule has 268 valence electrons. The van der Waals surface area contributed by atoms with E-state index in [4.69, 9.17) is 15.2 Å². The second-order valence-corrected chi connectivity index (χ2v) is 14.6. The number of hydrogen-bond acceptors (Lipinski definition) is 9. The molecule has 4 aromatic rings. The Hall–Kier alpha value is -5.48. The van der Waals surface area contributed by atoms with Gasteiger partial charge in [0.05, 0.1) is 35.0 Å². The Labute approximate surface area is 306 Å². The number of nitrogens with one attached hydrogen (secondary N) is 1. The van der Waals surface area contributed by atoms with E-state index in [1.54, 1.807) is 36.4 Å². The first-order valence-corrected chi connectivity index (χ1v) is 18.0. The van der Waals surface area contributed by atoms with Crippen molar-refractivity contribution in [3.05, 3.63) is 125 Å². The van der Waals surface area contributed by atoms with Gasteiger partial charge in [-0.05, 0) is 78.6 Å². The van der Waals surface area contributed by atoms with Gasteiger partial charge < -0.3 is 30.7 Å². The highest BCUT2D eigenvalue weighted by atomic mass is 32.1. The summed E-state index contributed by atoms with van der Waals surface area (Å²) in [5, 5.41) is 26.1. The minimum absolute atomic E-state index is 0.0111. The van der Waals surface area contributed by atoms with Gasteiger partial charge in [0.2, 0.25) is 5.91 Å². The number of nitrogens with zero attached hydrogens (tertiary/aromatic N) is 2. The van der Waals surface area contributed by atoms with Crippen LogP contribution >= 0.6 is 0 Å². The van der Waals surface area contributed by atoms with Crippen molar-refractivity contribution in [2.24, 2.45) is 15.1 Å². The van der Waals surface area contributed by atoms with Crippen LogP contribution in [0.15, 0.2) is 101 Å². The Morgan fingerprint density at radius 3 is 2.27 bits per heavy atom. The standard InChI is InChI=1S/C41H42N4O6S/c1-5-27(20-25-9-11-26(12-10-25)40(2,3)4)45-38(48)35(42)8-6-7-19-44-52-24-43-28-13-16-32-31(21-28)39(49)51-41(32)33-17-14-29(46)22-36(33)50-37-23-30(47)15-18-34(37)41/h5,9-18,21-23,27,35,46-47H,1,6-8,19-20,42H2,2-4H3,(H,45,48)/t27-,35?/m1/s1. The van der Waals surface area contributed by atoms with E-state index in [1.807, 2.05) is 0 Å². The van der Waals surface area contributed by atoms with Gasteiger partial charge in [-0.15, -0.1) is 6.58 Å². The molecule has 1 spiro atoms. The van der Waals surface area contributed by atoms with Crippen LogP contribution in [-0.2, 0) is 38.1 Å². The number of unbranched alkanes of at least 4 members (excludes halogenated alkanes) is 1. The van der Waals surface area contributed by atoms with Crippen LogP contribution in [-0.4, -0.2) is 45.9 Å². The zero-order valence-electron chi connectivity index (χ0n) is 29.4. The molecule has 2 heterocycles. The molecule has 0 bridgehead atoms. The fourth-order valence-electron chi connectivity index (χ4n) is 6.46. The maximum atomic E-state index is 13.3. The third kappa shape index (κ3) is 7.57. The number of amides is 1. The largest absolute Gasteiger partial charge is 0.508 e. The van der Waals surface area contributed by atoms with Crippen LogP contribution in [0.2, 0.25) is 0 Å². The summed E-state index contributed by atoms with van der Waals surface area (Å²) in [6.07, 6.45) is 4.40. The predicted molar refractivity (Wildman–Crippen MR) is 203 cm³/mol. The van der Waals surface area contributed by atoms with E-state index >= 15 is 0 Å². The summed E-state index contributed by atoms with van der Waals surface area (Å²) >= 11 is 1.07. The monoisotopic (exact) mass is 718 g/mol. The number of aliphatic imine (C=N–C) groups is 1. The van der Waals surface area contributed by atoms with Crippen molar-refractivity contribution in [1.29, 1.82) is 0 Å². The first kappa shape index (κ1) is 36.3. The lowest BCUT2D eigenvalue weighted by Crippen LogP contribution is -2.45. The van der Waals surface area contributed by atoms with Crippen LogP contribution in [0.1, 0.15) is 78.2 Å². The lowest BCUT2D eigenvalue weighted by Gasteiger charge is -2.36. The summed E-state index contributed by atoms with van der Waals surface area (Å²) in [4.78, 5) is 30.4. The molecule has 2 atom stereocenters. The molecule has 2 aliphatic rings. The molecule has 0 saturated carbocycles. The number of nitrogens with two attached hydrogens (primary N) is 1. The molecule has 1 amide bonds. The molecule has 0 fully saturated rings. The Balaban J connectivity index is 1.04. The number of carbonyl (C=O) groups is 2. The molecule has 6 rings (SSSR count). The number of benzene rings is 4. The second kappa shape index (κ2) is 15.0. The van der Waals surface area contributed by atoms with Crippen LogP contribution in [0.3, 0.4) is 0 Å². The molecular weight excluding hydrogens is 677 g/mol. The second-order valence-electron chi connectivity index (χ2n) is 14.0. The average molecular weight is 719 g/mol. The number of isothiocyanates is 1. The Morgan fingerprint density at radius 2 is 1.63 bits per heavy atom. The molecule has 5 N–H and O–H groups in total. The first-order valence-electron chi connectivity index (χ1n) is 17.2. The molecule has 10 nitrogen and oxygen atoms in total. The summed E-state index contributed by atoms with van der Waals surface area (Å²) in [5.41, 5.74) is 9.84.